The van der Waals surface area contributed by atoms with Crippen LogP contribution < -0.4 is 10.6 Å². The fourth-order valence-corrected chi connectivity index (χ4v) is 2.71. The fraction of sp³-hybridized carbons (Fsp3) is 0.353. The Labute approximate surface area is 130 Å². The molecule has 1 heterocycles. The van der Waals surface area contributed by atoms with Crippen molar-refractivity contribution in [2.45, 2.75) is 38.6 Å². The SMILES string of the molecule is Cc1cccc(Nc2cnc(C(=O)NC3CCCC3)cn2)c1. The Morgan fingerprint density at radius 3 is 2.68 bits per heavy atom. The molecule has 1 aromatic carbocycles. The van der Waals surface area contributed by atoms with Crippen LogP contribution in [0.1, 0.15) is 41.7 Å². The molecule has 114 valence electrons. The van der Waals surface area contributed by atoms with Crippen molar-refractivity contribution in [1.29, 1.82) is 0 Å². The molecule has 5 heteroatoms. The normalized spacial score (nSPS) is 14.8. The van der Waals surface area contributed by atoms with Crippen molar-refractivity contribution >= 4 is 17.4 Å². The average molecular weight is 296 g/mol. The molecule has 2 N–H and O–H groups in total. The zero-order valence-corrected chi connectivity index (χ0v) is 12.7. The Morgan fingerprint density at radius 1 is 1.18 bits per heavy atom. The van der Waals surface area contributed by atoms with Crippen LogP contribution in [0.3, 0.4) is 0 Å². The van der Waals surface area contributed by atoms with E-state index in [0.29, 0.717) is 17.6 Å². The summed E-state index contributed by atoms with van der Waals surface area (Å²) >= 11 is 0. The topological polar surface area (TPSA) is 66.9 Å². The standard InChI is InChI=1S/C17H20N4O/c1-12-5-4-8-14(9-12)20-16-11-18-15(10-19-16)17(22)21-13-6-2-3-7-13/h4-5,8-11,13H,2-3,6-7H2,1H3,(H,19,20)(H,21,22). The van der Waals surface area contributed by atoms with Gasteiger partial charge in [-0.1, -0.05) is 25.0 Å². The first kappa shape index (κ1) is 14.5. The molecule has 2 aromatic rings. The number of anilines is 2. The molecule has 0 bridgehead atoms. The van der Waals surface area contributed by atoms with E-state index in [9.17, 15) is 4.79 Å². The molecule has 1 fully saturated rings. The minimum Gasteiger partial charge on any atom is -0.348 e. The highest BCUT2D eigenvalue weighted by atomic mass is 16.1. The van der Waals surface area contributed by atoms with Gasteiger partial charge in [0, 0.05) is 11.7 Å². The monoisotopic (exact) mass is 296 g/mol. The molecule has 1 aromatic heterocycles. The minimum absolute atomic E-state index is 0.137. The molecular weight excluding hydrogens is 276 g/mol. The first-order valence-electron chi connectivity index (χ1n) is 7.67. The van der Waals surface area contributed by atoms with E-state index in [1.165, 1.54) is 24.6 Å². The zero-order valence-electron chi connectivity index (χ0n) is 12.7. The summed E-state index contributed by atoms with van der Waals surface area (Å²) in [5.74, 6) is 0.490. The number of nitrogens with one attached hydrogen (secondary N) is 2. The van der Waals surface area contributed by atoms with Crippen LogP contribution in [0.4, 0.5) is 11.5 Å². The fourth-order valence-electron chi connectivity index (χ4n) is 2.71. The third-order valence-corrected chi connectivity index (χ3v) is 3.87. The van der Waals surface area contributed by atoms with Gasteiger partial charge in [0.25, 0.3) is 5.91 Å². The number of rotatable bonds is 4. The summed E-state index contributed by atoms with van der Waals surface area (Å²) < 4.78 is 0. The molecule has 3 rings (SSSR count). The third kappa shape index (κ3) is 3.61. The maximum atomic E-state index is 12.1. The molecular formula is C17H20N4O. The summed E-state index contributed by atoms with van der Waals surface area (Å²) in [7, 11) is 0. The summed E-state index contributed by atoms with van der Waals surface area (Å²) in [6, 6.07) is 8.30. The minimum atomic E-state index is -0.137. The van der Waals surface area contributed by atoms with Crippen molar-refractivity contribution in [3.63, 3.8) is 0 Å². The van der Waals surface area contributed by atoms with Crippen molar-refractivity contribution in [3.8, 4) is 0 Å². The van der Waals surface area contributed by atoms with Crippen molar-refractivity contribution in [3.05, 3.63) is 47.9 Å². The van der Waals surface area contributed by atoms with Crippen LogP contribution >= 0.6 is 0 Å². The second kappa shape index (κ2) is 6.56. The van der Waals surface area contributed by atoms with Gasteiger partial charge in [0.15, 0.2) is 0 Å². The lowest BCUT2D eigenvalue weighted by atomic mass is 10.2. The number of hydrogen-bond acceptors (Lipinski definition) is 4. The largest absolute Gasteiger partial charge is 0.348 e. The lowest BCUT2D eigenvalue weighted by Gasteiger charge is -2.11. The highest BCUT2D eigenvalue weighted by molar-refractivity contribution is 5.92. The Balaban J connectivity index is 1.63. The van der Waals surface area contributed by atoms with Gasteiger partial charge in [-0.15, -0.1) is 0 Å². The lowest BCUT2D eigenvalue weighted by Crippen LogP contribution is -2.33. The number of nitrogens with zero attached hydrogens (tertiary/aromatic N) is 2. The van der Waals surface area contributed by atoms with Crippen LogP contribution in [0.15, 0.2) is 36.7 Å². The number of hydrogen-bond donors (Lipinski definition) is 2. The molecule has 0 unspecified atom stereocenters. The number of benzene rings is 1. The Morgan fingerprint density at radius 2 is 2.00 bits per heavy atom. The van der Waals surface area contributed by atoms with Gasteiger partial charge >= 0.3 is 0 Å². The molecule has 1 aliphatic carbocycles. The molecule has 1 aliphatic rings. The van der Waals surface area contributed by atoms with Crippen LogP contribution in [-0.2, 0) is 0 Å². The van der Waals surface area contributed by atoms with Gasteiger partial charge in [0.05, 0.1) is 12.4 Å². The molecule has 0 aliphatic heterocycles. The van der Waals surface area contributed by atoms with Gasteiger partial charge in [0.2, 0.25) is 0 Å². The summed E-state index contributed by atoms with van der Waals surface area (Å²) in [5.41, 5.74) is 2.49. The van der Waals surface area contributed by atoms with Gasteiger partial charge in [-0.3, -0.25) is 4.79 Å². The van der Waals surface area contributed by atoms with E-state index in [4.69, 9.17) is 0 Å². The third-order valence-electron chi connectivity index (χ3n) is 3.87. The van der Waals surface area contributed by atoms with Crippen LogP contribution in [0.25, 0.3) is 0 Å². The van der Waals surface area contributed by atoms with Gasteiger partial charge in [-0.05, 0) is 37.5 Å². The van der Waals surface area contributed by atoms with Crippen molar-refractivity contribution in [1.82, 2.24) is 15.3 Å². The highest BCUT2D eigenvalue weighted by Gasteiger charge is 2.18. The summed E-state index contributed by atoms with van der Waals surface area (Å²) in [6.45, 7) is 2.04. The molecule has 1 saturated carbocycles. The summed E-state index contributed by atoms with van der Waals surface area (Å²) in [5, 5.41) is 6.19. The van der Waals surface area contributed by atoms with Crippen molar-refractivity contribution < 1.29 is 4.79 Å². The van der Waals surface area contributed by atoms with E-state index in [2.05, 4.69) is 20.6 Å². The molecule has 5 nitrogen and oxygen atoms in total. The van der Waals surface area contributed by atoms with E-state index in [-0.39, 0.29) is 5.91 Å². The van der Waals surface area contributed by atoms with Crippen LogP contribution in [0.5, 0.6) is 0 Å². The van der Waals surface area contributed by atoms with E-state index in [1.54, 1.807) is 6.20 Å². The van der Waals surface area contributed by atoms with Crippen molar-refractivity contribution in [2.24, 2.45) is 0 Å². The maximum absolute atomic E-state index is 12.1. The maximum Gasteiger partial charge on any atom is 0.271 e. The molecule has 0 saturated heterocycles. The summed E-state index contributed by atoms with van der Waals surface area (Å²) in [6.07, 6.45) is 7.61. The molecule has 0 spiro atoms. The number of carbonyl (C=O) groups excluding carboxylic acids is 1. The average Bonchev–Trinajstić information content (AvgIpc) is 3.01. The predicted octanol–water partition coefficient (Wildman–Crippen LogP) is 3.20. The Hall–Kier alpha value is -2.43. The molecule has 1 amide bonds. The molecule has 0 radical (unpaired) electrons. The smallest absolute Gasteiger partial charge is 0.271 e. The van der Waals surface area contributed by atoms with E-state index < -0.39 is 0 Å². The predicted molar refractivity (Wildman–Crippen MR) is 86.2 cm³/mol. The van der Waals surface area contributed by atoms with Crippen LogP contribution in [0.2, 0.25) is 0 Å². The lowest BCUT2D eigenvalue weighted by molar-refractivity contribution is 0.0932. The van der Waals surface area contributed by atoms with Crippen molar-refractivity contribution in [2.75, 3.05) is 5.32 Å². The zero-order chi connectivity index (χ0) is 15.4. The number of amides is 1. The van der Waals surface area contributed by atoms with Gasteiger partial charge < -0.3 is 10.6 Å². The van der Waals surface area contributed by atoms with E-state index in [1.807, 2.05) is 31.2 Å². The second-order valence-electron chi connectivity index (χ2n) is 5.74. The number of carbonyl (C=O) groups is 1. The molecule has 22 heavy (non-hydrogen) atoms. The highest BCUT2D eigenvalue weighted by Crippen LogP contribution is 2.18. The van der Waals surface area contributed by atoms with E-state index >= 15 is 0 Å². The Bertz CT molecular complexity index is 648. The first-order chi connectivity index (χ1) is 10.7. The van der Waals surface area contributed by atoms with E-state index in [0.717, 1.165) is 18.5 Å². The van der Waals surface area contributed by atoms with Gasteiger partial charge in [-0.25, -0.2) is 9.97 Å². The van der Waals surface area contributed by atoms with Gasteiger partial charge in [0.1, 0.15) is 11.5 Å². The number of aryl methyl sites for hydroxylation is 1. The van der Waals surface area contributed by atoms with Gasteiger partial charge in [-0.2, -0.15) is 0 Å². The van der Waals surface area contributed by atoms with Crippen LogP contribution in [-0.4, -0.2) is 21.9 Å². The molecule has 0 atom stereocenters. The first-order valence-corrected chi connectivity index (χ1v) is 7.67. The quantitative estimate of drug-likeness (QED) is 0.909. The second-order valence-corrected chi connectivity index (χ2v) is 5.74. The number of aromatic nitrogens is 2. The van der Waals surface area contributed by atoms with Crippen LogP contribution in [0, 0.1) is 6.92 Å². The summed E-state index contributed by atoms with van der Waals surface area (Å²) in [4.78, 5) is 20.5. The Kier molecular flexibility index (Phi) is 4.32.